The van der Waals surface area contributed by atoms with Gasteiger partial charge in [-0.05, 0) is 38.8 Å². The van der Waals surface area contributed by atoms with Crippen molar-refractivity contribution in [1.82, 2.24) is 0 Å². The Labute approximate surface area is 115 Å². The highest BCUT2D eigenvalue weighted by molar-refractivity contribution is 9.10. The molecule has 1 unspecified atom stereocenters. The Balaban J connectivity index is 2.12. The minimum Gasteiger partial charge on any atom is -0.383 e. The summed E-state index contributed by atoms with van der Waals surface area (Å²) in [5.74, 6) is 0. The molecule has 86 valence electrons. The zero-order valence-electron chi connectivity index (χ0n) is 8.76. The second kappa shape index (κ2) is 4.53. The van der Waals surface area contributed by atoms with Crippen molar-refractivity contribution in [1.29, 1.82) is 0 Å². The fraction of sp³-hybridized carbons (Fsp3) is 0.0769. The normalized spacial score (nSPS) is 13.1. The predicted molar refractivity (Wildman–Crippen MR) is 77.9 cm³/mol. The number of aliphatic hydroxyl groups excluding tert-OH is 1. The van der Waals surface area contributed by atoms with Gasteiger partial charge in [0, 0.05) is 25.0 Å². The maximum absolute atomic E-state index is 10.4. The van der Waals surface area contributed by atoms with E-state index in [1.165, 1.54) is 10.1 Å². The zero-order valence-corrected chi connectivity index (χ0v) is 12.0. The van der Waals surface area contributed by atoms with E-state index >= 15 is 0 Å². The van der Waals surface area contributed by atoms with Gasteiger partial charge in [-0.15, -0.1) is 22.7 Å². The van der Waals surface area contributed by atoms with Gasteiger partial charge in [0.2, 0.25) is 0 Å². The van der Waals surface area contributed by atoms with Gasteiger partial charge < -0.3 is 5.11 Å². The Morgan fingerprint density at radius 3 is 2.82 bits per heavy atom. The molecule has 0 aliphatic heterocycles. The molecule has 0 fully saturated rings. The van der Waals surface area contributed by atoms with Crippen LogP contribution < -0.4 is 0 Å². The SMILES string of the molecule is OC(c1cc(Br)cs1)c1cccc2ccsc12. The lowest BCUT2D eigenvalue weighted by Gasteiger charge is -2.09. The maximum atomic E-state index is 10.4. The van der Waals surface area contributed by atoms with Gasteiger partial charge in [-0.2, -0.15) is 0 Å². The summed E-state index contributed by atoms with van der Waals surface area (Å²) < 4.78 is 2.19. The van der Waals surface area contributed by atoms with Crippen molar-refractivity contribution in [3.63, 3.8) is 0 Å². The second-order valence-electron chi connectivity index (χ2n) is 3.76. The molecule has 0 aliphatic carbocycles. The van der Waals surface area contributed by atoms with Crippen LogP contribution in [0.2, 0.25) is 0 Å². The fourth-order valence-corrected chi connectivity index (χ4v) is 4.24. The molecule has 0 saturated carbocycles. The minimum atomic E-state index is -0.534. The first kappa shape index (κ1) is 11.4. The molecule has 1 nitrogen and oxygen atoms in total. The molecule has 2 heterocycles. The largest absolute Gasteiger partial charge is 0.383 e. The van der Waals surface area contributed by atoms with Crippen LogP contribution in [-0.2, 0) is 0 Å². The van der Waals surface area contributed by atoms with Crippen molar-refractivity contribution in [2.24, 2.45) is 0 Å². The van der Waals surface area contributed by atoms with Crippen LogP contribution in [-0.4, -0.2) is 5.11 Å². The molecule has 1 aromatic carbocycles. The van der Waals surface area contributed by atoms with Crippen molar-refractivity contribution < 1.29 is 5.11 Å². The summed E-state index contributed by atoms with van der Waals surface area (Å²) in [6.45, 7) is 0. The molecule has 0 bridgehead atoms. The molecule has 0 spiro atoms. The van der Waals surface area contributed by atoms with E-state index in [-0.39, 0.29) is 0 Å². The van der Waals surface area contributed by atoms with E-state index in [1.807, 2.05) is 23.6 Å². The van der Waals surface area contributed by atoms with Crippen LogP contribution in [0.5, 0.6) is 0 Å². The summed E-state index contributed by atoms with van der Waals surface area (Å²) in [6, 6.07) is 10.1. The minimum absolute atomic E-state index is 0.534. The summed E-state index contributed by atoms with van der Waals surface area (Å²) in [6.07, 6.45) is -0.534. The van der Waals surface area contributed by atoms with Crippen LogP contribution in [0.1, 0.15) is 16.5 Å². The first-order valence-corrected chi connectivity index (χ1v) is 7.69. The standard InChI is InChI=1S/C13H9BrOS2/c14-9-6-11(17-7-9)12(15)10-3-1-2-8-4-5-16-13(8)10/h1-7,12,15H. The second-order valence-corrected chi connectivity index (χ2v) is 6.53. The van der Waals surface area contributed by atoms with Gasteiger partial charge in [0.1, 0.15) is 6.10 Å². The molecule has 1 atom stereocenters. The Morgan fingerprint density at radius 1 is 1.18 bits per heavy atom. The van der Waals surface area contributed by atoms with Gasteiger partial charge in [0.05, 0.1) is 0 Å². The van der Waals surface area contributed by atoms with Crippen LogP contribution in [0.25, 0.3) is 10.1 Å². The molecule has 17 heavy (non-hydrogen) atoms. The summed E-state index contributed by atoms with van der Waals surface area (Å²) in [4.78, 5) is 0.970. The summed E-state index contributed by atoms with van der Waals surface area (Å²) in [7, 11) is 0. The number of hydrogen-bond donors (Lipinski definition) is 1. The Kier molecular flexibility index (Phi) is 3.04. The third-order valence-electron chi connectivity index (χ3n) is 2.66. The van der Waals surface area contributed by atoms with Crippen molar-refractivity contribution >= 4 is 48.7 Å². The molecule has 3 rings (SSSR count). The number of thiophene rings is 2. The number of halogens is 1. The molecule has 0 aliphatic rings. The number of aliphatic hydroxyl groups is 1. The summed E-state index contributed by atoms with van der Waals surface area (Å²) in [5, 5.41) is 15.7. The van der Waals surface area contributed by atoms with E-state index in [4.69, 9.17) is 0 Å². The summed E-state index contributed by atoms with van der Waals surface area (Å²) in [5.41, 5.74) is 0.992. The lowest BCUT2D eigenvalue weighted by atomic mass is 10.1. The monoisotopic (exact) mass is 324 g/mol. The topological polar surface area (TPSA) is 20.2 Å². The van der Waals surface area contributed by atoms with E-state index in [0.29, 0.717) is 0 Å². The van der Waals surface area contributed by atoms with E-state index in [9.17, 15) is 5.11 Å². The Morgan fingerprint density at radius 2 is 2.06 bits per heavy atom. The van der Waals surface area contributed by atoms with Gasteiger partial charge >= 0.3 is 0 Å². The maximum Gasteiger partial charge on any atom is 0.115 e. The van der Waals surface area contributed by atoms with E-state index in [0.717, 1.165) is 14.9 Å². The number of hydrogen-bond acceptors (Lipinski definition) is 3. The van der Waals surface area contributed by atoms with Crippen LogP contribution in [0.4, 0.5) is 0 Å². The fourth-order valence-electron chi connectivity index (χ4n) is 1.86. The van der Waals surface area contributed by atoms with Crippen LogP contribution in [0.15, 0.2) is 45.6 Å². The quantitative estimate of drug-likeness (QED) is 0.717. The zero-order chi connectivity index (χ0) is 11.8. The average molecular weight is 325 g/mol. The third kappa shape index (κ3) is 2.06. The average Bonchev–Trinajstić information content (AvgIpc) is 2.95. The van der Waals surface area contributed by atoms with Crippen LogP contribution >= 0.6 is 38.6 Å². The third-order valence-corrected chi connectivity index (χ3v) is 5.39. The highest BCUT2D eigenvalue weighted by atomic mass is 79.9. The number of benzene rings is 1. The van der Waals surface area contributed by atoms with E-state index in [1.54, 1.807) is 22.7 Å². The first-order valence-electron chi connectivity index (χ1n) is 5.14. The first-order chi connectivity index (χ1) is 8.25. The molecule has 0 radical (unpaired) electrons. The smallest absolute Gasteiger partial charge is 0.115 e. The van der Waals surface area contributed by atoms with E-state index in [2.05, 4.69) is 33.4 Å². The van der Waals surface area contributed by atoms with Gasteiger partial charge in [0.25, 0.3) is 0 Å². The molecule has 1 N–H and O–H groups in total. The molecule has 3 aromatic rings. The molecule has 0 amide bonds. The summed E-state index contributed by atoms with van der Waals surface area (Å²) >= 11 is 6.67. The molecular formula is C13H9BrOS2. The highest BCUT2D eigenvalue weighted by Crippen LogP contribution is 2.35. The van der Waals surface area contributed by atoms with Crippen LogP contribution in [0, 0.1) is 0 Å². The van der Waals surface area contributed by atoms with E-state index < -0.39 is 6.10 Å². The van der Waals surface area contributed by atoms with Crippen molar-refractivity contribution in [3.8, 4) is 0 Å². The Bertz CT molecular complexity index is 656. The van der Waals surface area contributed by atoms with Gasteiger partial charge in [-0.25, -0.2) is 0 Å². The van der Waals surface area contributed by atoms with Gasteiger partial charge in [-0.1, -0.05) is 18.2 Å². The lowest BCUT2D eigenvalue weighted by Crippen LogP contribution is -1.96. The molecular weight excluding hydrogens is 316 g/mol. The molecule has 0 saturated heterocycles. The molecule has 2 aromatic heterocycles. The lowest BCUT2D eigenvalue weighted by molar-refractivity contribution is 0.226. The van der Waals surface area contributed by atoms with Crippen LogP contribution in [0.3, 0.4) is 0 Å². The number of rotatable bonds is 2. The van der Waals surface area contributed by atoms with Gasteiger partial charge in [-0.3, -0.25) is 0 Å². The number of fused-ring (bicyclic) bond motifs is 1. The van der Waals surface area contributed by atoms with Crippen molar-refractivity contribution in [2.45, 2.75) is 6.10 Å². The predicted octanol–water partition coefficient (Wildman–Crippen LogP) is 4.81. The van der Waals surface area contributed by atoms with Gasteiger partial charge in [0.15, 0.2) is 0 Å². The van der Waals surface area contributed by atoms with Crippen molar-refractivity contribution in [3.05, 3.63) is 56.0 Å². The Hall–Kier alpha value is -0.680. The molecule has 4 heteroatoms. The highest BCUT2D eigenvalue weighted by Gasteiger charge is 2.15. The van der Waals surface area contributed by atoms with Crippen molar-refractivity contribution in [2.75, 3.05) is 0 Å².